The minimum absolute atomic E-state index is 0.108. The number of methoxy groups -OCH3 is 3. The van der Waals surface area contributed by atoms with E-state index in [1.807, 2.05) is 36.4 Å². The van der Waals surface area contributed by atoms with Gasteiger partial charge in [-0.3, -0.25) is 0 Å². The summed E-state index contributed by atoms with van der Waals surface area (Å²) in [5, 5.41) is 3.57. The van der Waals surface area contributed by atoms with Crippen LogP contribution in [0.15, 0.2) is 55.1 Å². The Morgan fingerprint density at radius 1 is 1.00 bits per heavy atom. The smallest absolute Gasteiger partial charge is 0.203 e. The fraction of sp³-hybridized carbons (Fsp3) is 0.300. The highest BCUT2D eigenvalue weighted by molar-refractivity contribution is 5.54. The Labute approximate surface area is 144 Å². The maximum Gasteiger partial charge on any atom is 0.203 e. The van der Waals surface area contributed by atoms with Crippen molar-refractivity contribution in [1.82, 2.24) is 5.32 Å². The van der Waals surface area contributed by atoms with Gasteiger partial charge >= 0.3 is 0 Å². The second-order valence-corrected chi connectivity index (χ2v) is 5.40. The molecule has 2 aromatic carbocycles. The van der Waals surface area contributed by atoms with E-state index in [9.17, 15) is 0 Å². The molecule has 1 unspecified atom stereocenters. The molecule has 0 bridgehead atoms. The van der Waals surface area contributed by atoms with E-state index in [0.29, 0.717) is 17.2 Å². The normalized spacial score (nSPS) is 11.6. The Bertz CT molecular complexity index is 630. The zero-order valence-electron chi connectivity index (χ0n) is 14.5. The molecule has 24 heavy (non-hydrogen) atoms. The molecule has 128 valence electrons. The summed E-state index contributed by atoms with van der Waals surface area (Å²) in [5.41, 5.74) is 2.30. The average Bonchev–Trinajstić information content (AvgIpc) is 2.64. The second kappa shape index (κ2) is 8.99. The van der Waals surface area contributed by atoms with Crippen molar-refractivity contribution >= 4 is 0 Å². The van der Waals surface area contributed by atoms with Crippen molar-refractivity contribution in [2.24, 2.45) is 0 Å². The third-order valence-corrected chi connectivity index (χ3v) is 3.89. The van der Waals surface area contributed by atoms with Gasteiger partial charge in [0.25, 0.3) is 0 Å². The summed E-state index contributed by atoms with van der Waals surface area (Å²) >= 11 is 0. The lowest BCUT2D eigenvalue weighted by Gasteiger charge is -2.21. The third kappa shape index (κ3) is 4.30. The predicted octanol–water partition coefficient (Wildman–Crippen LogP) is 4.12. The molecule has 4 nitrogen and oxygen atoms in total. The highest BCUT2D eigenvalue weighted by atomic mass is 16.5. The highest BCUT2D eigenvalue weighted by Crippen LogP contribution is 2.40. The van der Waals surface area contributed by atoms with Gasteiger partial charge in [0.05, 0.1) is 21.3 Å². The van der Waals surface area contributed by atoms with E-state index in [0.717, 1.165) is 18.5 Å². The summed E-state index contributed by atoms with van der Waals surface area (Å²) in [6.07, 6.45) is 2.71. The molecular weight excluding hydrogens is 302 g/mol. The van der Waals surface area contributed by atoms with Crippen molar-refractivity contribution in [2.45, 2.75) is 19.0 Å². The lowest BCUT2D eigenvalue weighted by Crippen LogP contribution is -2.20. The first-order valence-corrected chi connectivity index (χ1v) is 7.91. The minimum atomic E-state index is 0.108. The summed E-state index contributed by atoms with van der Waals surface area (Å²) < 4.78 is 16.3. The minimum Gasteiger partial charge on any atom is -0.493 e. The molecule has 1 atom stereocenters. The van der Waals surface area contributed by atoms with Gasteiger partial charge < -0.3 is 19.5 Å². The van der Waals surface area contributed by atoms with Gasteiger partial charge in [-0.05, 0) is 29.7 Å². The molecule has 2 aromatic rings. The lowest BCUT2D eigenvalue weighted by atomic mass is 10.0. The van der Waals surface area contributed by atoms with Gasteiger partial charge in [-0.2, -0.15) is 0 Å². The number of ether oxygens (including phenoxy) is 3. The largest absolute Gasteiger partial charge is 0.493 e. The van der Waals surface area contributed by atoms with E-state index >= 15 is 0 Å². The van der Waals surface area contributed by atoms with Gasteiger partial charge in [0.2, 0.25) is 5.75 Å². The first-order chi connectivity index (χ1) is 11.7. The Hall–Kier alpha value is -2.46. The Morgan fingerprint density at radius 2 is 1.62 bits per heavy atom. The van der Waals surface area contributed by atoms with Gasteiger partial charge in [-0.15, -0.1) is 6.58 Å². The molecule has 0 saturated heterocycles. The van der Waals surface area contributed by atoms with Crippen LogP contribution in [0.25, 0.3) is 0 Å². The SMILES string of the molecule is C=CCC(NCc1ccccc1)c1cc(OC)c(OC)c(OC)c1. The number of hydrogen-bond donors (Lipinski definition) is 1. The Kier molecular flexibility index (Phi) is 6.70. The summed E-state index contributed by atoms with van der Waals surface area (Å²) in [6, 6.07) is 14.4. The van der Waals surface area contributed by atoms with E-state index in [-0.39, 0.29) is 6.04 Å². The monoisotopic (exact) mass is 327 g/mol. The number of hydrogen-bond acceptors (Lipinski definition) is 4. The molecule has 0 aliphatic heterocycles. The van der Waals surface area contributed by atoms with Crippen LogP contribution >= 0.6 is 0 Å². The molecule has 0 amide bonds. The predicted molar refractivity (Wildman–Crippen MR) is 96.9 cm³/mol. The van der Waals surface area contributed by atoms with Crippen LogP contribution in [0.2, 0.25) is 0 Å². The zero-order chi connectivity index (χ0) is 17.4. The molecule has 2 rings (SSSR count). The van der Waals surface area contributed by atoms with Crippen LogP contribution in [-0.4, -0.2) is 21.3 Å². The average molecular weight is 327 g/mol. The third-order valence-electron chi connectivity index (χ3n) is 3.89. The van der Waals surface area contributed by atoms with Gasteiger partial charge in [0.15, 0.2) is 11.5 Å². The first kappa shape index (κ1) is 17.9. The van der Waals surface area contributed by atoms with Gasteiger partial charge in [-0.1, -0.05) is 36.4 Å². The number of benzene rings is 2. The van der Waals surface area contributed by atoms with E-state index in [1.54, 1.807) is 21.3 Å². The van der Waals surface area contributed by atoms with Crippen LogP contribution in [-0.2, 0) is 6.54 Å². The van der Waals surface area contributed by atoms with Crippen LogP contribution in [0.1, 0.15) is 23.6 Å². The van der Waals surface area contributed by atoms with Crippen molar-refractivity contribution < 1.29 is 14.2 Å². The molecule has 0 fully saturated rings. The molecule has 0 aromatic heterocycles. The number of rotatable bonds is 9. The molecule has 0 aliphatic rings. The fourth-order valence-electron chi connectivity index (χ4n) is 2.64. The molecular formula is C20H25NO3. The van der Waals surface area contributed by atoms with E-state index in [1.165, 1.54) is 5.56 Å². The van der Waals surface area contributed by atoms with E-state index in [4.69, 9.17) is 14.2 Å². The van der Waals surface area contributed by atoms with Crippen LogP contribution in [0.3, 0.4) is 0 Å². The molecule has 0 radical (unpaired) electrons. The summed E-state index contributed by atoms with van der Waals surface area (Å²) in [7, 11) is 4.86. The molecule has 0 heterocycles. The summed E-state index contributed by atoms with van der Waals surface area (Å²) in [4.78, 5) is 0. The first-order valence-electron chi connectivity index (χ1n) is 7.91. The highest BCUT2D eigenvalue weighted by Gasteiger charge is 2.18. The molecule has 0 aliphatic carbocycles. The van der Waals surface area contributed by atoms with Crippen LogP contribution in [0.4, 0.5) is 0 Å². The van der Waals surface area contributed by atoms with Crippen LogP contribution < -0.4 is 19.5 Å². The Morgan fingerprint density at radius 3 is 2.12 bits per heavy atom. The zero-order valence-corrected chi connectivity index (χ0v) is 14.5. The summed E-state index contributed by atoms with van der Waals surface area (Å²) in [5.74, 6) is 1.91. The second-order valence-electron chi connectivity index (χ2n) is 5.40. The standard InChI is InChI=1S/C20H25NO3/c1-5-9-17(21-14-15-10-7-6-8-11-15)16-12-18(22-2)20(24-4)19(13-16)23-3/h5-8,10-13,17,21H,1,9,14H2,2-4H3. The van der Waals surface area contributed by atoms with Crippen LogP contribution in [0.5, 0.6) is 17.2 Å². The van der Waals surface area contributed by atoms with Crippen molar-refractivity contribution in [3.05, 3.63) is 66.2 Å². The van der Waals surface area contributed by atoms with Crippen molar-refractivity contribution in [3.63, 3.8) is 0 Å². The lowest BCUT2D eigenvalue weighted by molar-refractivity contribution is 0.323. The van der Waals surface area contributed by atoms with Crippen molar-refractivity contribution in [1.29, 1.82) is 0 Å². The van der Waals surface area contributed by atoms with Gasteiger partial charge in [0.1, 0.15) is 0 Å². The van der Waals surface area contributed by atoms with Gasteiger partial charge in [-0.25, -0.2) is 0 Å². The molecule has 0 saturated carbocycles. The molecule has 1 N–H and O–H groups in total. The number of nitrogens with one attached hydrogen (secondary N) is 1. The van der Waals surface area contributed by atoms with E-state index < -0.39 is 0 Å². The van der Waals surface area contributed by atoms with Crippen LogP contribution in [0, 0.1) is 0 Å². The van der Waals surface area contributed by atoms with E-state index in [2.05, 4.69) is 24.0 Å². The van der Waals surface area contributed by atoms with Gasteiger partial charge in [0, 0.05) is 12.6 Å². The van der Waals surface area contributed by atoms with Crippen molar-refractivity contribution in [3.8, 4) is 17.2 Å². The molecule has 4 heteroatoms. The quantitative estimate of drug-likeness (QED) is 0.703. The summed E-state index contributed by atoms with van der Waals surface area (Å²) in [6.45, 7) is 4.65. The fourth-order valence-corrected chi connectivity index (χ4v) is 2.64. The maximum absolute atomic E-state index is 5.45. The maximum atomic E-state index is 5.45. The molecule has 0 spiro atoms. The Balaban J connectivity index is 2.27. The van der Waals surface area contributed by atoms with Crippen molar-refractivity contribution in [2.75, 3.05) is 21.3 Å². The topological polar surface area (TPSA) is 39.7 Å².